The molecule has 1 saturated heterocycles. The lowest BCUT2D eigenvalue weighted by Gasteiger charge is -2.37. The zero-order chi connectivity index (χ0) is 20.0. The van der Waals surface area contributed by atoms with Crippen molar-refractivity contribution in [3.63, 3.8) is 0 Å². The van der Waals surface area contributed by atoms with Crippen LogP contribution in [0.15, 0.2) is 59.5 Å². The van der Waals surface area contributed by atoms with Gasteiger partial charge in [-0.25, -0.2) is 12.8 Å². The molecule has 0 bridgehead atoms. The topological polar surface area (TPSA) is 58.6 Å². The van der Waals surface area contributed by atoms with Gasteiger partial charge < -0.3 is 10.1 Å². The van der Waals surface area contributed by atoms with E-state index in [9.17, 15) is 12.8 Å². The maximum Gasteiger partial charge on any atom is 0.243 e. The molecule has 1 aliphatic carbocycles. The molecule has 3 aliphatic rings. The number of nitrogens with one attached hydrogen (secondary N) is 1. The van der Waals surface area contributed by atoms with Crippen LogP contribution in [0.4, 0.5) is 10.1 Å². The highest BCUT2D eigenvalue weighted by Crippen LogP contribution is 2.50. The Balaban J connectivity index is 1.45. The Hall–Kier alpha value is -2.22. The van der Waals surface area contributed by atoms with E-state index in [1.165, 1.54) is 10.4 Å². The summed E-state index contributed by atoms with van der Waals surface area (Å²) >= 11 is 0. The average molecular weight is 415 g/mol. The number of benzene rings is 2. The maximum atomic E-state index is 14.5. The third-order valence-electron chi connectivity index (χ3n) is 6.19. The number of halogens is 1. The van der Waals surface area contributed by atoms with Crippen LogP contribution in [0.2, 0.25) is 0 Å². The molecule has 1 N–H and O–H groups in total. The summed E-state index contributed by atoms with van der Waals surface area (Å²) in [6.45, 7) is 1.59. The lowest BCUT2D eigenvalue weighted by atomic mass is 9.77. The summed E-state index contributed by atoms with van der Waals surface area (Å²) in [7, 11) is -3.52. The van der Waals surface area contributed by atoms with Crippen LogP contribution >= 0.6 is 0 Å². The zero-order valence-corrected chi connectivity index (χ0v) is 16.7. The van der Waals surface area contributed by atoms with Crippen LogP contribution in [-0.2, 0) is 14.8 Å². The van der Waals surface area contributed by atoms with Gasteiger partial charge in [-0.2, -0.15) is 4.31 Å². The normalized spacial score (nSPS) is 26.6. The van der Waals surface area contributed by atoms with E-state index in [2.05, 4.69) is 17.5 Å². The van der Waals surface area contributed by atoms with Crippen LogP contribution in [0.5, 0.6) is 0 Å². The number of allylic oxidation sites excluding steroid dienone is 2. The van der Waals surface area contributed by atoms with Crippen molar-refractivity contribution in [2.24, 2.45) is 5.92 Å². The first-order valence-corrected chi connectivity index (χ1v) is 11.4. The number of sulfonamides is 1. The third kappa shape index (κ3) is 3.17. The molecule has 0 aromatic heterocycles. The number of para-hydroxylation sites is 1. The number of anilines is 1. The van der Waals surface area contributed by atoms with Gasteiger partial charge in [0.25, 0.3) is 0 Å². The molecule has 5 rings (SSSR count). The summed E-state index contributed by atoms with van der Waals surface area (Å²) in [4.78, 5) is 0.284. The molecule has 2 aromatic carbocycles. The van der Waals surface area contributed by atoms with Gasteiger partial charge in [-0.15, -0.1) is 0 Å². The van der Waals surface area contributed by atoms with Crippen LogP contribution in [0.25, 0.3) is 0 Å². The molecule has 2 aliphatic heterocycles. The second-order valence-corrected chi connectivity index (χ2v) is 9.70. The first-order chi connectivity index (χ1) is 14.1. The number of rotatable bonds is 3. The van der Waals surface area contributed by atoms with Crippen molar-refractivity contribution in [3.8, 4) is 0 Å². The SMILES string of the molecule is O=S(=O)(c1ccc([C@@H]2Nc3c(F)cccc3[C@H]3C=CC[C@@H]32)cc1)N1CCOCC1. The molecule has 5 nitrogen and oxygen atoms in total. The molecule has 29 heavy (non-hydrogen) atoms. The smallest absolute Gasteiger partial charge is 0.243 e. The minimum Gasteiger partial charge on any atom is -0.379 e. The van der Waals surface area contributed by atoms with Gasteiger partial charge in [0.15, 0.2) is 0 Å². The van der Waals surface area contributed by atoms with E-state index in [4.69, 9.17) is 4.74 Å². The van der Waals surface area contributed by atoms with Gasteiger partial charge >= 0.3 is 0 Å². The van der Waals surface area contributed by atoms with Crippen LogP contribution in [-0.4, -0.2) is 39.0 Å². The van der Waals surface area contributed by atoms with E-state index in [1.807, 2.05) is 18.2 Å². The van der Waals surface area contributed by atoms with Crippen molar-refractivity contribution in [2.75, 3.05) is 31.6 Å². The lowest BCUT2D eigenvalue weighted by Crippen LogP contribution is -2.40. The van der Waals surface area contributed by atoms with Crippen LogP contribution in [0.3, 0.4) is 0 Å². The summed E-state index contributed by atoms with van der Waals surface area (Å²) in [6.07, 6.45) is 5.22. The van der Waals surface area contributed by atoms with Crippen molar-refractivity contribution in [1.29, 1.82) is 0 Å². The molecule has 1 fully saturated rings. The quantitative estimate of drug-likeness (QED) is 0.779. The highest BCUT2D eigenvalue weighted by molar-refractivity contribution is 7.89. The third-order valence-corrected chi connectivity index (χ3v) is 8.11. The fraction of sp³-hybridized carbons (Fsp3) is 0.364. The Kier molecular flexibility index (Phi) is 4.69. The standard InChI is InChI=1S/C22H23FN2O3S/c23-20-6-2-5-19-17-3-1-4-18(17)21(24-22(19)20)15-7-9-16(10-8-15)29(26,27)25-11-13-28-14-12-25/h1-3,5-10,17-18,21,24H,4,11-14H2/t17-,18-,21-/m0/s1. The zero-order valence-electron chi connectivity index (χ0n) is 15.9. The van der Waals surface area contributed by atoms with Gasteiger partial charge in [-0.1, -0.05) is 36.4 Å². The van der Waals surface area contributed by atoms with E-state index in [-0.39, 0.29) is 28.6 Å². The largest absolute Gasteiger partial charge is 0.379 e. The Bertz CT molecular complexity index is 1050. The monoisotopic (exact) mass is 414 g/mol. The van der Waals surface area contributed by atoms with E-state index in [0.717, 1.165) is 17.5 Å². The first kappa shape index (κ1) is 18.8. The molecule has 3 atom stereocenters. The summed E-state index contributed by atoms with van der Waals surface area (Å²) in [5.74, 6) is 0.201. The fourth-order valence-corrected chi connectivity index (χ4v) is 6.10. The van der Waals surface area contributed by atoms with Gasteiger partial charge in [-0.05, 0) is 41.7 Å². The predicted molar refractivity (Wildman–Crippen MR) is 109 cm³/mol. The highest BCUT2D eigenvalue weighted by atomic mass is 32.2. The van der Waals surface area contributed by atoms with Crippen LogP contribution in [0, 0.1) is 11.7 Å². The molecule has 152 valence electrons. The van der Waals surface area contributed by atoms with E-state index >= 15 is 0 Å². The van der Waals surface area contributed by atoms with Crippen molar-refractivity contribution in [3.05, 3.63) is 71.6 Å². The Morgan fingerprint density at radius 3 is 2.59 bits per heavy atom. The predicted octanol–water partition coefficient (Wildman–Crippen LogP) is 3.67. The molecular formula is C22H23FN2O3S. The fourth-order valence-electron chi connectivity index (χ4n) is 4.70. The number of nitrogens with zero attached hydrogens (tertiary/aromatic N) is 1. The van der Waals surface area contributed by atoms with Crippen molar-refractivity contribution < 1.29 is 17.5 Å². The van der Waals surface area contributed by atoms with Crippen LogP contribution < -0.4 is 5.32 Å². The summed E-state index contributed by atoms with van der Waals surface area (Å²) < 4.78 is 46.9. The van der Waals surface area contributed by atoms with Gasteiger partial charge in [0.1, 0.15) is 5.82 Å². The maximum absolute atomic E-state index is 14.5. The van der Waals surface area contributed by atoms with Crippen molar-refractivity contribution in [1.82, 2.24) is 4.31 Å². The second-order valence-electron chi connectivity index (χ2n) is 7.77. The van der Waals surface area contributed by atoms with Gasteiger partial charge in [0.2, 0.25) is 10.0 Å². The van der Waals surface area contributed by atoms with Gasteiger partial charge in [-0.3, -0.25) is 0 Å². The number of hydrogen-bond donors (Lipinski definition) is 1. The van der Waals surface area contributed by atoms with Gasteiger partial charge in [0.05, 0.1) is 29.8 Å². The molecule has 0 amide bonds. The van der Waals surface area contributed by atoms with Crippen molar-refractivity contribution in [2.45, 2.75) is 23.3 Å². The molecule has 0 unspecified atom stereocenters. The number of ether oxygens (including phenoxy) is 1. The lowest BCUT2D eigenvalue weighted by molar-refractivity contribution is 0.0730. The molecular weight excluding hydrogens is 391 g/mol. The summed E-state index contributed by atoms with van der Waals surface area (Å²) in [5, 5.41) is 3.38. The molecule has 0 radical (unpaired) electrons. The van der Waals surface area contributed by atoms with Crippen molar-refractivity contribution >= 4 is 15.7 Å². The Morgan fingerprint density at radius 1 is 1.07 bits per heavy atom. The Labute approximate surface area is 170 Å². The average Bonchev–Trinajstić information content (AvgIpc) is 3.25. The van der Waals surface area contributed by atoms with Gasteiger partial charge in [0, 0.05) is 19.0 Å². The minimum absolute atomic E-state index is 0.0699. The molecule has 2 heterocycles. The summed E-state index contributed by atoms with van der Waals surface area (Å²) in [6, 6.07) is 12.2. The van der Waals surface area contributed by atoms with E-state index in [0.29, 0.717) is 32.0 Å². The molecule has 0 spiro atoms. The van der Waals surface area contributed by atoms with E-state index < -0.39 is 10.0 Å². The number of fused-ring (bicyclic) bond motifs is 3. The second kappa shape index (κ2) is 7.23. The Morgan fingerprint density at radius 2 is 1.83 bits per heavy atom. The van der Waals surface area contributed by atoms with Crippen LogP contribution in [0.1, 0.15) is 29.5 Å². The molecule has 2 aromatic rings. The number of hydrogen-bond acceptors (Lipinski definition) is 4. The minimum atomic E-state index is -3.52. The molecule has 7 heteroatoms. The van der Waals surface area contributed by atoms with E-state index in [1.54, 1.807) is 18.2 Å². The summed E-state index contributed by atoms with van der Waals surface area (Å²) in [5.41, 5.74) is 2.51. The highest BCUT2D eigenvalue weighted by Gasteiger charge is 2.39. The first-order valence-electron chi connectivity index (χ1n) is 9.95. The number of morpholine rings is 1. The molecule has 0 saturated carbocycles.